The maximum Gasteiger partial charge on any atom is 0.244 e. The summed E-state index contributed by atoms with van der Waals surface area (Å²) in [4.78, 5) is 10.6. The maximum absolute atomic E-state index is 12.7. The number of benzene rings is 1. The molecule has 0 spiro atoms. The molecule has 2 heterocycles. The van der Waals surface area contributed by atoms with Gasteiger partial charge in [-0.1, -0.05) is 23.7 Å². The van der Waals surface area contributed by atoms with Crippen molar-refractivity contribution in [3.63, 3.8) is 0 Å². The molecule has 1 aliphatic heterocycles. The lowest BCUT2D eigenvalue weighted by atomic mass is 10.4. The van der Waals surface area contributed by atoms with E-state index in [-0.39, 0.29) is 9.92 Å². The highest BCUT2D eigenvalue weighted by Crippen LogP contribution is 2.25. The fourth-order valence-electron chi connectivity index (χ4n) is 2.52. The number of anilines is 1. The lowest BCUT2D eigenvalue weighted by Crippen LogP contribution is -2.49. The molecule has 0 unspecified atom stereocenters. The lowest BCUT2D eigenvalue weighted by molar-refractivity contribution is 0.377. The Kier molecular flexibility index (Phi) is 4.88. The number of ether oxygens (including phenoxy) is 1. The number of rotatable bonds is 4. The SMILES string of the molecule is COc1ccnc(N2CCN(S(=O)(=O)c3ccccc3Cl)CC2)n1. The number of sulfonamides is 1. The quantitative estimate of drug-likeness (QED) is 0.816. The normalized spacial score (nSPS) is 16.2. The molecule has 1 fully saturated rings. The molecule has 0 bridgehead atoms. The summed E-state index contributed by atoms with van der Waals surface area (Å²) in [7, 11) is -2.06. The zero-order valence-corrected chi connectivity index (χ0v) is 14.7. The molecule has 128 valence electrons. The van der Waals surface area contributed by atoms with E-state index in [1.165, 1.54) is 10.4 Å². The first-order valence-electron chi connectivity index (χ1n) is 7.39. The van der Waals surface area contributed by atoms with Crippen molar-refractivity contribution in [3.05, 3.63) is 41.6 Å². The first kappa shape index (κ1) is 16.9. The van der Waals surface area contributed by atoms with Gasteiger partial charge in [-0.2, -0.15) is 9.29 Å². The molecule has 1 saturated heterocycles. The second kappa shape index (κ2) is 6.92. The minimum Gasteiger partial charge on any atom is -0.481 e. The topological polar surface area (TPSA) is 75.6 Å². The van der Waals surface area contributed by atoms with E-state index < -0.39 is 10.0 Å². The highest BCUT2D eigenvalue weighted by molar-refractivity contribution is 7.89. The third-order valence-electron chi connectivity index (χ3n) is 3.80. The predicted molar refractivity (Wildman–Crippen MR) is 91.0 cm³/mol. The van der Waals surface area contributed by atoms with Crippen molar-refractivity contribution < 1.29 is 13.2 Å². The van der Waals surface area contributed by atoms with Gasteiger partial charge < -0.3 is 9.64 Å². The molecule has 24 heavy (non-hydrogen) atoms. The van der Waals surface area contributed by atoms with Crippen LogP contribution < -0.4 is 9.64 Å². The van der Waals surface area contributed by atoms with Crippen LogP contribution in [0, 0.1) is 0 Å². The van der Waals surface area contributed by atoms with E-state index in [0.29, 0.717) is 38.0 Å². The second-order valence-corrected chi connectivity index (χ2v) is 7.53. The van der Waals surface area contributed by atoms with Gasteiger partial charge >= 0.3 is 0 Å². The zero-order chi connectivity index (χ0) is 17.2. The van der Waals surface area contributed by atoms with Gasteiger partial charge in [0, 0.05) is 38.4 Å². The summed E-state index contributed by atoms with van der Waals surface area (Å²) in [5.41, 5.74) is 0. The van der Waals surface area contributed by atoms with Crippen LogP contribution in [-0.4, -0.2) is 56.0 Å². The Bertz CT molecular complexity index is 823. The first-order valence-corrected chi connectivity index (χ1v) is 9.21. The number of aromatic nitrogens is 2. The first-order chi connectivity index (χ1) is 11.5. The van der Waals surface area contributed by atoms with Crippen LogP contribution in [0.1, 0.15) is 0 Å². The van der Waals surface area contributed by atoms with Crippen LogP contribution in [0.25, 0.3) is 0 Å². The van der Waals surface area contributed by atoms with Crippen LogP contribution in [-0.2, 0) is 10.0 Å². The molecule has 1 aromatic heterocycles. The van der Waals surface area contributed by atoms with Gasteiger partial charge in [0.25, 0.3) is 0 Å². The Morgan fingerprint density at radius 1 is 1.12 bits per heavy atom. The number of nitrogens with zero attached hydrogens (tertiary/aromatic N) is 4. The van der Waals surface area contributed by atoms with E-state index in [2.05, 4.69) is 9.97 Å². The Balaban J connectivity index is 1.74. The maximum atomic E-state index is 12.7. The summed E-state index contributed by atoms with van der Waals surface area (Å²) in [5.74, 6) is 1.01. The van der Waals surface area contributed by atoms with Crippen molar-refractivity contribution in [2.45, 2.75) is 4.90 Å². The van der Waals surface area contributed by atoms with Crippen LogP contribution in [0.5, 0.6) is 5.88 Å². The molecule has 2 aromatic rings. The summed E-state index contributed by atoms with van der Waals surface area (Å²) < 4.78 is 32.0. The number of halogens is 1. The van der Waals surface area contributed by atoms with E-state index in [4.69, 9.17) is 16.3 Å². The number of hydrogen-bond acceptors (Lipinski definition) is 6. The van der Waals surface area contributed by atoms with Crippen LogP contribution >= 0.6 is 11.6 Å². The number of piperazine rings is 1. The van der Waals surface area contributed by atoms with Crippen molar-refractivity contribution in [1.82, 2.24) is 14.3 Å². The molecular formula is C15H17ClN4O3S. The van der Waals surface area contributed by atoms with Crippen molar-refractivity contribution in [1.29, 1.82) is 0 Å². The van der Waals surface area contributed by atoms with Crippen molar-refractivity contribution >= 4 is 27.6 Å². The molecular weight excluding hydrogens is 352 g/mol. The van der Waals surface area contributed by atoms with Gasteiger partial charge in [-0.3, -0.25) is 0 Å². The molecule has 9 heteroatoms. The molecule has 0 saturated carbocycles. The molecule has 0 atom stereocenters. The van der Waals surface area contributed by atoms with E-state index in [1.54, 1.807) is 37.6 Å². The predicted octanol–water partition coefficient (Wildman–Crippen LogP) is 1.65. The van der Waals surface area contributed by atoms with Crippen LogP contribution in [0.15, 0.2) is 41.4 Å². The van der Waals surface area contributed by atoms with Crippen LogP contribution in [0.4, 0.5) is 5.95 Å². The van der Waals surface area contributed by atoms with E-state index >= 15 is 0 Å². The third kappa shape index (κ3) is 3.31. The standard InChI is InChI=1S/C15H17ClN4O3S/c1-23-14-6-7-17-15(18-14)19-8-10-20(11-9-19)24(21,22)13-5-3-2-4-12(13)16/h2-7H,8-11H2,1H3. The number of methoxy groups -OCH3 is 1. The van der Waals surface area contributed by atoms with Crippen molar-refractivity contribution in [3.8, 4) is 5.88 Å². The summed E-state index contributed by atoms with van der Waals surface area (Å²) in [6, 6.07) is 8.14. The lowest BCUT2D eigenvalue weighted by Gasteiger charge is -2.34. The van der Waals surface area contributed by atoms with E-state index in [1.807, 2.05) is 4.90 Å². The van der Waals surface area contributed by atoms with Gasteiger partial charge in [-0.15, -0.1) is 0 Å². The largest absolute Gasteiger partial charge is 0.481 e. The van der Waals surface area contributed by atoms with Gasteiger partial charge in [-0.25, -0.2) is 13.4 Å². The summed E-state index contributed by atoms with van der Waals surface area (Å²) in [6.07, 6.45) is 1.62. The molecule has 0 amide bonds. The monoisotopic (exact) mass is 368 g/mol. The molecule has 0 radical (unpaired) electrons. The number of hydrogen-bond donors (Lipinski definition) is 0. The van der Waals surface area contributed by atoms with Crippen LogP contribution in [0.2, 0.25) is 5.02 Å². The Morgan fingerprint density at radius 2 is 1.83 bits per heavy atom. The Morgan fingerprint density at radius 3 is 2.50 bits per heavy atom. The van der Waals surface area contributed by atoms with Gasteiger partial charge in [-0.05, 0) is 12.1 Å². The fraction of sp³-hybridized carbons (Fsp3) is 0.333. The van der Waals surface area contributed by atoms with E-state index in [0.717, 1.165) is 0 Å². The van der Waals surface area contributed by atoms with Crippen molar-refractivity contribution in [2.24, 2.45) is 0 Å². The van der Waals surface area contributed by atoms with Gasteiger partial charge in [0.05, 0.1) is 12.1 Å². The highest BCUT2D eigenvalue weighted by Gasteiger charge is 2.30. The molecule has 3 rings (SSSR count). The van der Waals surface area contributed by atoms with Crippen LogP contribution in [0.3, 0.4) is 0 Å². The third-order valence-corrected chi connectivity index (χ3v) is 6.20. The average molecular weight is 369 g/mol. The minimum atomic E-state index is -3.60. The summed E-state index contributed by atoms with van der Waals surface area (Å²) >= 11 is 6.04. The summed E-state index contributed by atoms with van der Waals surface area (Å²) in [5, 5.41) is 0.232. The summed E-state index contributed by atoms with van der Waals surface area (Å²) in [6.45, 7) is 1.68. The molecule has 0 aliphatic carbocycles. The van der Waals surface area contributed by atoms with Gasteiger partial charge in [0.15, 0.2) is 0 Å². The molecule has 7 nitrogen and oxygen atoms in total. The Labute approximate surface area is 145 Å². The zero-order valence-electron chi connectivity index (χ0n) is 13.1. The second-order valence-electron chi connectivity index (χ2n) is 5.22. The Hall–Kier alpha value is -1.90. The van der Waals surface area contributed by atoms with Crippen molar-refractivity contribution in [2.75, 3.05) is 38.2 Å². The molecule has 0 N–H and O–H groups in total. The average Bonchev–Trinajstić information content (AvgIpc) is 2.62. The van der Waals surface area contributed by atoms with Gasteiger partial charge in [0.1, 0.15) is 4.90 Å². The fourth-order valence-corrected chi connectivity index (χ4v) is 4.44. The molecule has 1 aromatic carbocycles. The smallest absolute Gasteiger partial charge is 0.244 e. The van der Waals surface area contributed by atoms with E-state index in [9.17, 15) is 8.42 Å². The van der Waals surface area contributed by atoms with Gasteiger partial charge in [0.2, 0.25) is 21.9 Å². The molecule has 1 aliphatic rings. The minimum absolute atomic E-state index is 0.137. The highest BCUT2D eigenvalue weighted by atomic mass is 35.5.